The lowest BCUT2D eigenvalue weighted by Crippen LogP contribution is -2.39. The molecule has 1 amide bonds. The molecule has 1 fully saturated rings. The summed E-state index contributed by atoms with van der Waals surface area (Å²) in [5, 5.41) is 0. The number of benzene rings is 1. The molecule has 5 heteroatoms. The molecule has 1 aromatic carbocycles. The average molecular weight is 331 g/mol. The molecule has 0 N–H and O–H groups in total. The van der Waals surface area contributed by atoms with Crippen LogP contribution in [0.5, 0.6) is 0 Å². The molecule has 130 valence electrons. The van der Waals surface area contributed by atoms with Crippen LogP contribution < -0.4 is 0 Å². The van der Waals surface area contributed by atoms with Gasteiger partial charge in [-0.2, -0.15) is 0 Å². The van der Waals surface area contributed by atoms with E-state index in [2.05, 4.69) is 6.58 Å². The van der Waals surface area contributed by atoms with Crippen molar-refractivity contribution in [2.45, 2.75) is 39.9 Å². The first-order valence-electron chi connectivity index (χ1n) is 7.99. The minimum atomic E-state index is -0.904. The smallest absolute Gasteiger partial charge is 0.410 e. The van der Waals surface area contributed by atoms with E-state index in [-0.39, 0.29) is 19.1 Å². The lowest BCUT2D eigenvalue weighted by atomic mass is 9.86. The molecule has 5 nitrogen and oxygen atoms in total. The van der Waals surface area contributed by atoms with Crippen LogP contribution in [0.15, 0.2) is 42.5 Å². The molecule has 1 aromatic rings. The van der Waals surface area contributed by atoms with Gasteiger partial charge < -0.3 is 14.4 Å². The van der Waals surface area contributed by atoms with Gasteiger partial charge in [-0.15, -0.1) is 0 Å². The number of amides is 1. The number of ether oxygens (including phenoxy) is 2. The Labute approximate surface area is 143 Å². The average Bonchev–Trinajstić information content (AvgIpc) is 2.81. The van der Waals surface area contributed by atoms with Crippen LogP contribution in [0.2, 0.25) is 0 Å². The van der Waals surface area contributed by atoms with Gasteiger partial charge in [0.2, 0.25) is 0 Å². The van der Waals surface area contributed by atoms with Crippen LogP contribution in [-0.2, 0) is 20.9 Å². The number of rotatable bonds is 3. The third kappa shape index (κ3) is 4.16. The van der Waals surface area contributed by atoms with E-state index in [0.717, 1.165) is 5.56 Å². The number of hydrogen-bond acceptors (Lipinski definition) is 4. The van der Waals surface area contributed by atoms with E-state index in [1.165, 1.54) is 4.90 Å². The van der Waals surface area contributed by atoms with Crippen LogP contribution in [0.1, 0.15) is 33.3 Å². The van der Waals surface area contributed by atoms with Gasteiger partial charge in [-0.3, -0.25) is 4.79 Å². The number of carbonyl (C=O) groups is 2. The summed E-state index contributed by atoms with van der Waals surface area (Å²) in [6.45, 7) is 11.9. The minimum Gasteiger partial charge on any atom is -0.459 e. The van der Waals surface area contributed by atoms with Crippen LogP contribution in [0.25, 0.3) is 0 Å². The summed E-state index contributed by atoms with van der Waals surface area (Å²) in [4.78, 5) is 26.2. The van der Waals surface area contributed by atoms with Gasteiger partial charge >= 0.3 is 12.1 Å². The second-order valence-electron chi connectivity index (χ2n) is 7.33. The van der Waals surface area contributed by atoms with E-state index in [0.29, 0.717) is 12.1 Å². The predicted octanol–water partition coefficient (Wildman–Crippen LogP) is 3.54. The monoisotopic (exact) mass is 331 g/mol. The third-order valence-electron chi connectivity index (χ3n) is 3.98. The second kappa shape index (κ2) is 6.67. The highest BCUT2D eigenvalue weighted by Gasteiger charge is 2.47. The van der Waals surface area contributed by atoms with Gasteiger partial charge in [0.25, 0.3) is 0 Å². The Morgan fingerprint density at radius 2 is 1.88 bits per heavy atom. The molecule has 1 heterocycles. The lowest BCUT2D eigenvalue weighted by molar-refractivity contribution is -0.163. The Bertz CT molecular complexity index is 633. The molecule has 0 spiro atoms. The van der Waals surface area contributed by atoms with E-state index in [1.807, 2.05) is 51.1 Å². The van der Waals surface area contributed by atoms with Crippen molar-refractivity contribution >= 4 is 12.1 Å². The Kier molecular flexibility index (Phi) is 5.02. The first kappa shape index (κ1) is 18.0. The molecule has 1 aliphatic rings. The van der Waals surface area contributed by atoms with Gasteiger partial charge in [-0.1, -0.05) is 36.9 Å². The normalized spacial score (nSPS) is 20.8. The summed E-state index contributed by atoms with van der Waals surface area (Å²) in [6.07, 6.45) is -0.452. The van der Waals surface area contributed by atoms with Gasteiger partial charge in [0.15, 0.2) is 0 Å². The zero-order valence-electron chi connectivity index (χ0n) is 14.8. The molecule has 0 aliphatic carbocycles. The van der Waals surface area contributed by atoms with Crippen LogP contribution in [0.3, 0.4) is 0 Å². The first-order valence-corrected chi connectivity index (χ1v) is 7.99. The van der Waals surface area contributed by atoms with Crippen LogP contribution in [0.4, 0.5) is 4.79 Å². The van der Waals surface area contributed by atoms with Gasteiger partial charge in [0, 0.05) is 13.1 Å². The van der Waals surface area contributed by atoms with E-state index >= 15 is 0 Å². The third-order valence-corrected chi connectivity index (χ3v) is 3.98. The number of likely N-dealkylation sites (tertiary alicyclic amines) is 1. The molecule has 0 unspecified atom stereocenters. The fourth-order valence-corrected chi connectivity index (χ4v) is 2.49. The van der Waals surface area contributed by atoms with Crippen molar-refractivity contribution in [3.63, 3.8) is 0 Å². The highest BCUT2D eigenvalue weighted by atomic mass is 16.6. The van der Waals surface area contributed by atoms with Crippen LogP contribution >= 0.6 is 0 Å². The zero-order chi connectivity index (χ0) is 18.0. The van der Waals surface area contributed by atoms with E-state index in [4.69, 9.17) is 9.47 Å². The van der Waals surface area contributed by atoms with Crippen molar-refractivity contribution < 1.29 is 19.1 Å². The van der Waals surface area contributed by atoms with Crippen LogP contribution in [0, 0.1) is 5.41 Å². The fraction of sp³-hybridized carbons (Fsp3) is 0.474. The molecule has 0 radical (unpaired) electrons. The van der Waals surface area contributed by atoms with Gasteiger partial charge in [0.1, 0.15) is 17.6 Å². The molecule has 1 aliphatic heterocycles. The molecular formula is C19H25NO4. The van der Waals surface area contributed by atoms with Crippen LogP contribution in [-0.4, -0.2) is 35.7 Å². The maximum Gasteiger partial charge on any atom is 0.410 e. The largest absolute Gasteiger partial charge is 0.459 e. The van der Waals surface area contributed by atoms with E-state index in [1.54, 1.807) is 6.92 Å². The van der Waals surface area contributed by atoms with Crippen molar-refractivity contribution in [1.82, 2.24) is 4.90 Å². The Hall–Kier alpha value is -2.30. The van der Waals surface area contributed by atoms with Crippen molar-refractivity contribution in [3.05, 3.63) is 48.0 Å². The standard InChI is InChI=1S/C19H25NO4/c1-14-11-20(13-19(14,5)16(21)24-18(2,3)4)17(22)23-12-15-9-7-6-8-10-15/h6-10H,1,11-13H2,2-5H3/t19-/m0/s1. The highest BCUT2D eigenvalue weighted by molar-refractivity contribution is 5.83. The van der Waals surface area contributed by atoms with Gasteiger partial charge in [-0.05, 0) is 38.8 Å². The molecule has 2 rings (SSSR count). The number of nitrogens with zero attached hydrogens (tertiary/aromatic N) is 1. The molecule has 0 saturated carbocycles. The highest BCUT2D eigenvalue weighted by Crippen LogP contribution is 2.36. The minimum absolute atomic E-state index is 0.200. The number of carbonyl (C=O) groups excluding carboxylic acids is 2. The summed E-state index contributed by atoms with van der Waals surface area (Å²) in [5.74, 6) is -0.363. The fourth-order valence-electron chi connectivity index (χ4n) is 2.49. The Morgan fingerprint density at radius 1 is 1.25 bits per heavy atom. The summed E-state index contributed by atoms with van der Waals surface area (Å²) in [5.41, 5.74) is 0.0906. The lowest BCUT2D eigenvalue weighted by Gasteiger charge is -2.28. The number of hydrogen-bond donors (Lipinski definition) is 0. The topological polar surface area (TPSA) is 55.8 Å². The second-order valence-corrected chi connectivity index (χ2v) is 7.33. The summed E-state index contributed by atoms with van der Waals surface area (Å²) in [7, 11) is 0. The van der Waals surface area contributed by atoms with Gasteiger partial charge in [0.05, 0.1) is 0 Å². The number of esters is 1. The molecular weight excluding hydrogens is 306 g/mol. The SMILES string of the molecule is C=C1CN(C(=O)OCc2ccccc2)C[C@]1(C)C(=O)OC(C)(C)C. The molecule has 1 atom stereocenters. The molecule has 0 aromatic heterocycles. The predicted molar refractivity (Wildman–Crippen MR) is 91.3 cm³/mol. The molecule has 0 bridgehead atoms. The summed E-state index contributed by atoms with van der Waals surface area (Å²) < 4.78 is 10.8. The van der Waals surface area contributed by atoms with Crippen molar-refractivity contribution in [3.8, 4) is 0 Å². The first-order chi connectivity index (χ1) is 11.1. The van der Waals surface area contributed by atoms with Gasteiger partial charge in [-0.25, -0.2) is 4.79 Å². The van der Waals surface area contributed by atoms with E-state index < -0.39 is 17.1 Å². The van der Waals surface area contributed by atoms with Crippen molar-refractivity contribution in [2.75, 3.05) is 13.1 Å². The summed E-state index contributed by atoms with van der Waals surface area (Å²) >= 11 is 0. The Morgan fingerprint density at radius 3 is 2.46 bits per heavy atom. The maximum atomic E-state index is 12.5. The van der Waals surface area contributed by atoms with Crippen molar-refractivity contribution in [1.29, 1.82) is 0 Å². The zero-order valence-corrected chi connectivity index (χ0v) is 14.8. The Balaban J connectivity index is 1.98. The maximum absolute atomic E-state index is 12.5. The molecule has 24 heavy (non-hydrogen) atoms. The quantitative estimate of drug-likeness (QED) is 0.628. The molecule has 1 saturated heterocycles. The van der Waals surface area contributed by atoms with Crippen molar-refractivity contribution in [2.24, 2.45) is 5.41 Å². The summed E-state index contributed by atoms with van der Waals surface area (Å²) in [6, 6.07) is 9.46. The van der Waals surface area contributed by atoms with E-state index in [9.17, 15) is 9.59 Å².